The zero-order chi connectivity index (χ0) is 17.2. The first-order chi connectivity index (χ1) is 12.2. The molecule has 0 aromatic carbocycles. The van der Waals surface area contributed by atoms with Crippen molar-refractivity contribution in [3.05, 3.63) is 24.2 Å². The first kappa shape index (κ1) is 16.6. The van der Waals surface area contributed by atoms with E-state index in [1.807, 2.05) is 21.9 Å². The number of carbonyl (C=O) groups excluding carboxylic acids is 2. The van der Waals surface area contributed by atoms with Gasteiger partial charge in [0.05, 0.1) is 24.8 Å². The molecule has 6 nitrogen and oxygen atoms in total. The highest BCUT2D eigenvalue weighted by molar-refractivity contribution is 5.89. The molecule has 2 amide bonds. The number of hydrogen-bond acceptors (Lipinski definition) is 4. The summed E-state index contributed by atoms with van der Waals surface area (Å²) >= 11 is 0. The maximum absolute atomic E-state index is 13.1. The van der Waals surface area contributed by atoms with Crippen LogP contribution in [0.3, 0.4) is 0 Å². The van der Waals surface area contributed by atoms with Gasteiger partial charge in [0, 0.05) is 32.7 Å². The third-order valence-corrected chi connectivity index (χ3v) is 5.43. The zero-order valence-corrected chi connectivity index (χ0v) is 14.6. The monoisotopic (exact) mass is 346 g/mol. The van der Waals surface area contributed by atoms with E-state index in [4.69, 9.17) is 9.15 Å². The largest absolute Gasteiger partial charge is 0.467 e. The molecule has 3 aliphatic rings. The van der Waals surface area contributed by atoms with Gasteiger partial charge in [0.15, 0.2) is 0 Å². The van der Waals surface area contributed by atoms with E-state index in [1.165, 1.54) is 12.8 Å². The van der Waals surface area contributed by atoms with Crippen LogP contribution in [0.1, 0.15) is 37.9 Å². The summed E-state index contributed by atoms with van der Waals surface area (Å²) in [6, 6.07) is 3.72. The lowest BCUT2D eigenvalue weighted by molar-refractivity contribution is -0.138. The summed E-state index contributed by atoms with van der Waals surface area (Å²) in [5.74, 6) is 1.37. The lowest BCUT2D eigenvalue weighted by Crippen LogP contribution is -2.41. The van der Waals surface area contributed by atoms with Gasteiger partial charge in [-0.1, -0.05) is 0 Å². The Hall–Kier alpha value is -1.82. The fourth-order valence-electron chi connectivity index (χ4n) is 3.84. The highest BCUT2D eigenvalue weighted by Gasteiger charge is 2.39. The molecule has 0 N–H and O–H groups in total. The average Bonchev–Trinajstić information content (AvgIpc) is 2.99. The molecular formula is C19H26N2O4. The van der Waals surface area contributed by atoms with E-state index in [2.05, 4.69) is 0 Å². The van der Waals surface area contributed by atoms with Crippen LogP contribution in [0.15, 0.2) is 22.8 Å². The van der Waals surface area contributed by atoms with Crippen LogP contribution in [0.5, 0.6) is 0 Å². The summed E-state index contributed by atoms with van der Waals surface area (Å²) in [6.45, 7) is 3.18. The van der Waals surface area contributed by atoms with Gasteiger partial charge in [0.2, 0.25) is 11.8 Å². The minimum atomic E-state index is -0.234. The summed E-state index contributed by atoms with van der Waals surface area (Å²) < 4.78 is 11.1. The lowest BCUT2D eigenvalue weighted by Gasteiger charge is -2.27. The fourth-order valence-corrected chi connectivity index (χ4v) is 3.84. The van der Waals surface area contributed by atoms with Gasteiger partial charge in [-0.25, -0.2) is 0 Å². The molecule has 6 heteroatoms. The Labute approximate surface area is 148 Å². The highest BCUT2D eigenvalue weighted by Crippen LogP contribution is 2.32. The molecule has 25 heavy (non-hydrogen) atoms. The predicted molar refractivity (Wildman–Crippen MR) is 90.5 cm³/mol. The Balaban J connectivity index is 1.41. The summed E-state index contributed by atoms with van der Waals surface area (Å²) in [4.78, 5) is 29.1. The topological polar surface area (TPSA) is 63.0 Å². The molecule has 4 rings (SSSR count). The van der Waals surface area contributed by atoms with Crippen molar-refractivity contribution in [2.45, 2.75) is 44.8 Å². The number of rotatable bonds is 7. The van der Waals surface area contributed by atoms with Gasteiger partial charge >= 0.3 is 0 Å². The molecule has 1 aromatic heterocycles. The predicted octanol–water partition coefficient (Wildman–Crippen LogP) is 2.05. The van der Waals surface area contributed by atoms with Crippen LogP contribution in [0, 0.1) is 11.8 Å². The lowest BCUT2D eigenvalue weighted by atomic mass is 10.1. The van der Waals surface area contributed by atoms with E-state index < -0.39 is 0 Å². The van der Waals surface area contributed by atoms with Crippen molar-refractivity contribution >= 4 is 11.8 Å². The molecule has 136 valence electrons. The van der Waals surface area contributed by atoms with Crippen molar-refractivity contribution in [1.82, 2.24) is 9.80 Å². The number of nitrogens with zero attached hydrogens (tertiary/aromatic N) is 2. The Morgan fingerprint density at radius 2 is 2.20 bits per heavy atom. The Morgan fingerprint density at radius 3 is 2.88 bits per heavy atom. The summed E-state index contributed by atoms with van der Waals surface area (Å²) in [7, 11) is 0. The number of carbonyl (C=O) groups is 2. The van der Waals surface area contributed by atoms with Gasteiger partial charge in [-0.05, 0) is 43.7 Å². The molecule has 2 aliphatic heterocycles. The number of furan rings is 1. The molecule has 3 heterocycles. The van der Waals surface area contributed by atoms with Crippen molar-refractivity contribution in [3.63, 3.8) is 0 Å². The second-order valence-electron chi connectivity index (χ2n) is 7.58. The van der Waals surface area contributed by atoms with Crippen LogP contribution in [-0.4, -0.2) is 54.0 Å². The number of amides is 2. The minimum absolute atomic E-state index is 0.0542. The van der Waals surface area contributed by atoms with Crippen molar-refractivity contribution in [2.75, 3.05) is 26.2 Å². The Kier molecular flexibility index (Phi) is 4.79. The van der Waals surface area contributed by atoms with E-state index in [0.717, 1.165) is 31.8 Å². The van der Waals surface area contributed by atoms with Crippen molar-refractivity contribution in [1.29, 1.82) is 0 Å². The van der Waals surface area contributed by atoms with Crippen LogP contribution < -0.4 is 0 Å². The Morgan fingerprint density at radius 1 is 1.32 bits per heavy atom. The molecule has 0 bridgehead atoms. The molecule has 0 unspecified atom stereocenters. The van der Waals surface area contributed by atoms with E-state index in [1.54, 1.807) is 6.26 Å². The van der Waals surface area contributed by atoms with Gasteiger partial charge in [0.25, 0.3) is 0 Å². The number of ether oxygens (including phenoxy) is 1. The standard InChI is InChI=1S/C19H26N2O4/c22-18-9-15(11-20(18)10-14-5-6-14)19(23)21(12-16-3-1-7-24-16)13-17-4-2-8-25-17/h1,3,7,14-15,17H,2,4-6,8-13H2/t15-,17+/m1/s1. The molecule has 1 aromatic rings. The van der Waals surface area contributed by atoms with Crippen molar-refractivity contribution in [3.8, 4) is 0 Å². The molecule has 1 saturated carbocycles. The summed E-state index contributed by atoms with van der Waals surface area (Å²) in [5, 5.41) is 0. The minimum Gasteiger partial charge on any atom is -0.467 e. The van der Waals surface area contributed by atoms with E-state index in [0.29, 0.717) is 32.0 Å². The molecule has 2 saturated heterocycles. The first-order valence-electron chi connectivity index (χ1n) is 9.39. The number of hydrogen-bond donors (Lipinski definition) is 0. The van der Waals surface area contributed by atoms with E-state index in [9.17, 15) is 9.59 Å². The van der Waals surface area contributed by atoms with Crippen LogP contribution in [0.2, 0.25) is 0 Å². The van der Waals surface area contributed by atoms with Crippen LogP contribution in [0.4, 0.5) is 0 Å². The number of likely N-dealkylation sites (tertiary alicyclic amines) is 1. The normalized spacial score (nSPS) is 26.4. The van der Waals surface area contributed by atoms with Crippen LogP contribution in [-0.2, 0) is 20.9 Å². The maximum atomic E-state index is 13.1. The van der Waals surface area contributed by atoms with Crippen molar-refractivity contribution in [2.24, 2.45) is 11.8 Å². The second-order valence-corrected chi connectivity index (χ2v) is 7.58. The van der Waals surface area contributed by atoms with Gasteiger partial charge in [-0.2, -0.15) is 0 Å². The van der Waals surface area contributed by atoms with Gasteiger partial charge in [-0.3, -0.25) is 9.59 Å². The van der Waals surface area contributed by atoms with Crippen LogP contribution in [0.25, 0.3) is 0 Å². The quantitative estimate of drug-likeness (QED) is 0.758. The zero-order valence-electron chi connectivity index (χ0n) is 14.6. The second kappa shape index (κ2) is 7.20. The highest BCUT2D eigenvalue weighted by atomic mass is 16.5. The van der Waals surface area contributed by atoms with Gasteiger partial charge in [-0.15, -0.1) is 0 Å². The molecular weight excluding hydrogens is 320 g/mol. The molecule has 0 spiro atoms. The SMILES string of the molecule is O=C1C[C@@H](C(=O)N(Cc2ccco2)C[C@@H]2CCCO2)CN1CC1CC1. The smallest absolute Gasteiger partial charge is 0.228 e. The van der Waals surface area contributed by atoms with E-state index >= 15 is 0 Å². The maximum Gasteiger partial charge on any atom is 0.228 e. The third kappa shape index (κ3) is 4.06. The molecule has 2 atom stereocenters. The summed E-state index contributed by atoms with van der Waals surface area (Å²) in [6.07, 6.45) is 6.52. The molecule has 0 radical (unpaired) electrons. The third-order valence-electron chi connectivity index (χ3n) is 5.43. The van der Waals surface area contributed by atoms with Gasteiger partial charge < -0.3 is 19.0 Å². The molecule has 1 aliphatic carbocycles. The summed E-state index contributed by atoms with van der Waals surface area (Å²) in [5.41, 5.74) is 0. The fraction of sp³-hybridized carbons (Fsp3) is 0.684. The average molecular weight is 346 g/mol. The van der Waals surface area contributed by atoms with Gasteiger partial charge in [0.1, 0.15) is 5.76 Å². The molecule has 3 fully saturated rings. The van der Waals surface area contributed by atoms with Crippen molar-refractivity contribution < 1.29 is 18.7 Å². The first-order valence-corrected chi connectivity index (χ1v) is 9.39. The Bertz CT molecular complexity index is 605. The van der Waals surface area contributed by atoms with Crippen LogP contribution >= 0.6 is 0 Å². The van der Waals surface area contributed by atoms with E-state index in [-0.39, 0.29) is 23.8 Å².